The molecule has 1 unspecified atom stereocenters. The molecular weight excluding hydrogens is 196 g/mol. The first kappa shape index (κ1) is 14.6. The van der Waals surface area contributed by atoms with Crippen LogP contribution in [-0.4, -0.2) is 43.9 Å². The maximum absolute atomic E-state index is 11.1. The summed E-state index contributed by atoms with van der Waals surface area (Å²) in [5.41, 5.74) is 0. The Morgan fingerprint density at radius 1 is 1.33 bits per heavy atom. The number of aliphatic hydroxyl groups excluding tert-OH is 1. The number of hydrogen-bond donors (Lipinski definition) is 1. The van der Waals surface area contributed by atoms with Gasteiger partial charge < -0.3 is 14.6 Å². The molecule has 0 amide bonds. The van der Waals surface area contributed by atoms with Crippen molar-refractivity contribution in [1.29, 1.82) is 0 Å². The van der Waals surface area contributed by atoms with Crippen LogP contribution in [0.5, 0.6) is 0 Å². The Hall–Kier alpha value is -0.450. The summed E-state index contributed by atoms with van der Waals surface area (Å²) in [6.45, 7) is 3.19. The Kier molecular flexibility index (Phi) is 9.78. The van der Waals surface area contributed by atoms with Crippen LogP contribution in [-0.2, 0) is 14.3 Å². The molecule has 0 aromatic carbocycles. The number of methoxy groups -OCH3 is 1. The van der Waals surface area contributed by atoms with Gasteiger partial charge in [0, 0.05) is 26.6 Å². The largest absolute Gasteiger partial charge is 0.391 e. The monoisotopic (exact) mass is 218 g/mol. The maximum Gasteiger partial charge on any atom is 0.135 e. The van der Waals surface area contributed by atoms with E-state index in [1.807, 2.05) is 6.92 Å². The Bertz CT molecular complexity index is 159. The fourth-order valence-electron chi connectivity index (χ4n) is 1.15. The molecule has 1 N–H and O–H groups in total. The molecule has 90 valence electrons. The number of carbonyl (C=O) groups excluding carboxylic acids is 1. The third kappa shape index (κ3) is 9.85. The van der Waals surface area contributed by atoms with E-state index in [1.165, 1.54) is 0 Å². The van der Waals surface area contributed by atoms with E-state index in [-0.39, 0.29) is 12.4 Å². The lowest BCUT2D eigenvalue weighted by Crippen LogP contribution is -2.18. The minimum absolute atomic E-state index is 0.226. The molecule has 4 heteroatoms. The number of Topliss-reactive ketones (excluding diaryl/α,β-unsaturated/α-hetero) is 1. The molecule has 0 saturated heterocycles. The molecule has 0 radical (unpaired) electrons. The van der Waals surface area contributed by atoms with Gasteiger partial charge in [0.25, 0.3) is 0 Å². The first-order valence-electron chi connectivity index (χ1n) is 5.47. The summed E-state index contributed by atoms with van der Waals surface area (Å²) < 4.78 is 10.0. The van der Waals surface area contributed by atoms with Crippen LogP contribution in [0.2, 0.25) is 0 Å². The molecule has 0 aromatic heterocycles. The molecule has 0 aliphatic rings. The predicted octanol–water partition coefficient (Wildman–Crippen LogP) is 1.16. The minimum atomic E-state index is -0.494. The topological polar surface area (TPSA) is 55.8 Å². The molecule has 4 nitrogen and oxygen atoms in total. The average molecular weight is 218 g/mol. The third-order valence-electron chi connectivity index (χ3n) is 2.02. The fourth-order valence-corrected chi connectivity index (χ4v) is 1.15. The van der Waals surface area contributed by atoms with E-state index in [1.54, 1.807) is 7.11 Å². The summed E-state index contributed by atoms with van der Waals surface area (Å²) in [6, 6.07) is 0. The molecule has 0 aromatic rings. The normalized spacial score (nSPS) is 12.7. The number of rotatable bonds is 10. The SMILES string of the molecule is CCCC(=O)CCOCC(O)CCOC. The second kappa shape index (κ2) is 10.1. The molecule has 0 rings (SSSR count). The van der Waals surface area contributed by atoms with E-state index < -0.39 is 6.10 Å². The Labute approximate surface area is 91.6 Å². The molecule has 0 spiro atoms. The van der Waals surface area contributed by atoms with E-state index >= 15 is 0 Å². The highest BCUT2D eigenvalue weighted by molar-refractivity contribution is 5.78. The van der Waals surface area contributed by atoms with Crippen LogP contribution in [0.25, 0.3) is 0 Å². The average Bonchev–Trinajstić information content (AvgIpc) is 2.22. The van der Waals surface area contributed by atoms with Gasteiger partial charge in [-0.05, 0) is 12.8 Å². The smallest absolute Gasteiger partial charge is 0.135 e. The van der Waals surface area contributed by atoms with Gasteiger partial charge in [-0.15, -0.1) is 0 Å². The van der Waals surface area contributed by atoms with Gasteiger partial charge in [0.05, 0.1) is 19.3 Å². The third-order valence-corrected chi connectivity index (χ3v) is 2.02. The van der Waals surface area contributed by atoms with Crippen LogP contribution in [0.15, 0.2) is 0 Å². The van der Waals surface area contributed by atoms with Crippen LogP contribution in [0.4, 0.5) is 0 Å². The van der Waals surface area contributed by atoms with Crippen molar-refractivity contribution < 1.29 is 19.4 Å². The number of ketones is 1. The van der Waals surface area contributed by atoms with Crippen molar-refractivity contribution in [3.05, 3.63) is 0 Å². The van der Waals surface area contributed by atoms with Crippen molar-refractivity contribution in [3.8, 4) is 0 Å². The second-order valence-corrected chi connectivity index (χ2v) is 3.55. The van der Waals surface area contributed by atoms with Crippen molar-refractivity contribution >= 4 is 5.78 Å². The minimum Gasteiger partial charge on any atom is -0.391 e. The van der Waals surface area contributed by atoms with Crippen molar-refractivity contribution in [2.24, 2.45) is 0 Å². The fraction of sp³-hybridized carbons (Fsp3) is 0.909. The molecule has 0 aliphatic carbocycles. The Balaban J connectivity index is 3.26. The number of ether oxygens (including phenoxy) is 2. The highest BCUT2D eigenvalue weighted by Crippen LogP contribution is 1.97. The van der Waals surface area contributed by atoms with Crippen molar-refractivity contribution in [3.63, 3.8) is 0 Å². The first-order valence-corrected chi connectivity index (χ1v) is 5.47. The molecule has 1 atom stereocenters. The van der Waals surface area contributed by atoms with Gasteiger partial charge in [-0.25, -0.2) is 0 Å². The van der Waals surface area contributed by atoms with Crippen LogP contribution >= 0.6 is 0 Å². The van der Waals surface area contributed by atoms with Gasteiger partial charge in [0.15, 0.2) is 0 Å². The number of carbonyl (C=O) groups is 1. The lowest BCUT2D eigenvalue weighted by Gasteiger charge is -2.10. The summed E-state index contributed by atoms with van der Waals surface area (Å²) in [5, 5.41) is 9.36. The second-order valence-electron chi connectivity index (χ2n) is 3.55. The number of aliphatic hydroxyl groups is 1. The van der Waals surface area contributed by atoms with Gasteiger partial charge >= 0.3 is 0 Å². The van der Waals surface area contributed by atoms with E-state index in [9.17, 15) is 9.90 Å². The molecule has 15 heavy (non-hydrogen) atoms. The first-order chi connectivity index (χ1) is 7.20. The highest BCUT2D eigenvalue weighted by atomic mass is 16.5. The van der Waals surface area contributed by atoms with Crippen LogP contribution in [0.3, 0.4) is 0 Å². The van der Waals surface area contributed by atoms with Gasteiger partial charge in [-0.2, -0.15) is 0 Å². The van der Waals surface area contributed by atoms with Gasteiger partial charge in [-0.1, -0.05) is 6.92 Å². The summed E-state index contributed by atoms with van der Waals surface area (Å²) in [6.07, 6.45) is 2.03. The molecule has 0 fully saturated rings. The maximum atomic E-state index is 11.1. The zero-order valence-electron chi connectivity index (χ0n) is 9.70. The molecule has 0 aliphatic heterocycles. The molecule has 0 bridgehead atoms. The van der Waals surface area contributed by atoms with Crippen LogP contribution < -0.4 is 0 Å². The van der Waals surface area contributed by atoms with Gasteiger partial charge in [0.2, 0.25) is 0 Å². The Morgan fingerprint density at radius 3 is 2.67 bits per heavy atom. The zero-order chi connectivity index (χ0) is 11.5. The standard InChI is InChI=1S/C11H22O4/c1-3-4-10(12)6-8-15-9-11(13)5-7-14-2/h11,13H,3-9H2,1-2H3. The lowest BCUT2D eigenvalue weighted by molar-refractivity contribution is -0.120. The van der Waals surface area contributed by atoms with Crippen LogP contribution in [0.1, 0.15) is 32.6 Å². The van der Waals surface area contributed by atoms with E-state index in [0.29, 0.717) is 32.5 Å². The molecular formula is C11H22O4. The summed E-state index contributed by atoms with van der Waals surface area (Å²) in [4.78, 5) is 11.1. The highest BCUT2D eigenvalue weighted by Gasteiger charge is 2.05. The quantitative estimate of drug-likeness (QED) is 0.559. The molecule has 0 heterocycles. The zero-order valence-corrected chi connectivity index (χ0v) is 9.70. The van der Waals surface area contributed by atoms with Gasteiger partial charge in [0.1, 0.15) is 5.78 Å². The summed E-state index contributed by atoms with van der Waals surface area (Å²) in [7, 11) is 1.59. The Morgan fingerprint density at radius 2 is 2.07 bits per heavy atom. The van der Waals surface area contributed by atoms with Crippen LogP contribution in [0, 0.1) is 0 Å². The predicted molar refractivity (Wildman–Crippen MR) is 57.9 cm³/mol. The van der Waals surface area contributed by atoms with E-state index in [2.05, 4.69) is 0 Å². The van der Waals surface area contributed by atoms with Crippen molar-refractivity contribution in [2.45, 2.75) is 38.7 Å². The summed E-state index contributed by atoms with van der Waals surface area (Å²) >= 11 is 0. The summed E-state index contributed by atoms with van der Waals surface area (Å²) in [5.74, 6) is 0.226. The lowest BCUT2D eigenvalue weighted by atomic mass is 10.2. The number of hydrogen-bond acceptors (Lipinski definition) is 4. The van der Waals surface area contributed by atoms with Crippen molar-refractivity contribution in [1.82, 2.24) is 0 Å². The van der Waals surface area contributed by atoms with Gasteiger partial charge in [-0.3, -0.25) is 4.79 Å². The van der Waals surface area contributed by atoms with E-state index in [0.717, 1.165) is 6.42 Å². The van der Waals surface area contributed by atoms with E-state index in [4.69, 9.17) is 9.47 Å². The van der Waals surface area contributed by atoms with Crippen molar-refractivity contribution in [2.75, 3.05) is 26.9 Å². The molecule has 0 saturated carbocycles.